The van der Waals surface area contributed by atoms with Gasteiger partial charge in [0, 0.05) is 37.8 Å². The van der Waals surface area contributed by atoms with E-state index >= 15 is 0 Å². The fourth-order valence-electron chi connectivity index (χ4n) is 3.97. The molecule has 0 spiro atoms. The van der Waals surface area contributed by atoms with E-state index in [4.69, 9.17) is 0 Å². The van der Waals surface area contributed by atoms with Gasteiger partial charge >= 0.3 is 12.0 Å². The number of H-pyrrole nitrogens is 1. The van der Waals surface area contributed by atoms with Crippen LogP contribution in [0.15, 0.2) is 48.8 Å². The summed E-state index contributed by atoms with van der Waals surface area (Å²) in [4.78, 5) is 37.8. The quantitative estimate of drug-likeness (QED) is 0.617. The molecule has 1 fully saturated rings. The number of hydrogen-bond donors (Lipinski definition) is 3. The second-order valence-electron chi connectivity index (χ2n) is 7.43. The molecule has 2 unspecified atom stereocenters. The lowest BCUT2D eigenvalue weighted by Crippen LogP contribution is -2.46. The van der Waals surface area contributed by atoms with Crippen LogP contribution in [0.25, 0.3) is 11.0 Å². The number of nitrogens with zero attached hydrogens (tertiary/aromatic N) is 3. The van der Waals surface area contributed by atoms with Gasteiger partial charge < -0.3 is 20.3 Å². The molecule has 1 aromatic carbocycles. The lowest BCUT2D eigenvalue weighted by molar-refractivity contribution is -0.139. The van der Waals surface area contributed by atoms with Crippen LogP contribution in [0.2, 0.25) is 0 Å². The molecule has 4 rings (SSSR count). The van der Waals surface area contributed by atoms with Crippen LogP contribution in [0.4, 0.5) is 10.5 Å². The van der Waals surface area contributed by atoms with E-state index in [1.165, 1.54) is 0 Å². The van der Waals surface area contributed by atoms with Crippen molar-refractivity contribution in [2.75, 3.05) is 18.4 Å². The van der Waals surface area contributed by atoms with Gasteiger partial charge in [0.15, 0.2) is 0 Å². The number of nitrogens with one attached hydrogen (secondary N) is 2. The van der Waals surface area contributed by atoms with Gasteiger partial charge in [0.05, 0.1) is 17.2 Å². The van der Waals surface area contributed by atoms with Crippen LogP contribution < -0.4 is 5.32 Å². The van der Waals surface area contributed by atoms with Crippen molar-refractivity contribution in [2.45, 2.75) is 19.3 Å². The summed E-state index contributed by atoms with van der Waals surface area (Å²) in [5, 5.41) is 12.2. The minimum absolute atomic E-state index is 0.000359. The van der Waals surface area contributed by atoms with Crippen LogP contribution in [0.1, 0.15) is 18.7 Å². The van der Waals surface area contributed by atoms with Crippen LogP contribution >= 0.6 is 0 Å². The number of fused-ring (bicyclic) bond motifs is 1. The number of carboxylic acid groups (broad SMARTS) is 1. The van der Waals surface area contributed by atoms with Crippen molar-refractivity contribution < 1.29 is 14.7 Å². The van der Waals surface area contributed by atoms with E-state index in [9.17, 15) is 14.7 Å². The molecule has 8 nitrogen and oxygen atoms in total. The van der Waals surface area contributed by atoms with Gasteiger partial charge in [-0.15, -0.1) is 0 Å². The number of anilines is 1. The first kappa shape index (κ1) is 18.9. The van der Waals surface area contributed by atoms with Crippen molar-refractivity contribution in [2.24, 2.45) is 11.8 Å². The number of amides is 2. The zero-order valence-corrected chi connectivity index (χ0v) is 15.9. The molecule has 2 atom stereocenters. The topological polar surface area (TPSA) is 111 Å². The van der Waals surface area contributed by atoms with Gasteiger partial charge in [0.2, 0.25) is 0 Å². The number of aromatic amines is 1. The fraction of sp³-hybridized carbons (Fsp3) is 0.333. The van der Waals surface area contributed by atoms with Crippen LogP contribution in [0.5, 0.6) is 0 Å². The Bertz CT molecular complexity index is 971. The number of imidazole rings is 1. The molecule has 1 aliphatic heterocycles. The lowest BCUT2D eigenvalue weighted by Gasteiger charge is -2.37. The average Bonchev–Trinajstić information content (AvgIpc) is 3.12. The standard InChI is InChI=1S/C21H23N5O3/c27-20(28)11-14-7-9-26(21(29)23-16-4-2-1-3-5-16)13-15(14)10-19-24-17-6-8-22-12-18(17)25-19/h1-6,8,12,14-15H,7,9-11,13H2,(H,23,29)(H,24,25)(H,27,28). The van der Waals surface area contributed by atoms with Gasteiger partial charge in [-0.2, -0.15) is 0 Å². The Labute approximate surface area is 168 Å². The van der Waals surface area contributed by atoms with Crippen LogP contribution in [-0.2, 0) is 11.2 Å². The highest BCUT2D eigenvalue weighted by atomic mass is 16.4. The monoisotopic (exact) mass is 393 g/mol. The zero-order valence-electron chi connectivity index (χ0n) is 15.9. The van der Waals surface area contributed by atoms with Crippen molar-refractivity contribution in [3.63, 3.8) is 0 Å². The normalized spacial score (nSPS) is 19.2. The van der Waals surface area contributed by atoms with Gasteiger partial charge in [-0.25, -0.2) is 9.78 Å². The van der Waals surface area contributed by atoms with Crippen LogP contribution in [-0.4, -0.2) is 50.0 Å². The number of aliphatic carboxylic acids is 1. The number of pyridine rings is 1. The Morgan fingerprint density at radius 1 is 1.21 bits per heavy atom. The Kier molecular flexibility index (Phi) is 5.41. The molecular formula is C21H23N5O3. The number of para-hydroxylation sites is 1. The summed E-state index contributed by atoms with van der Waals surface area (Å²) in [5.74, 6) is -0.00999. The highest BCUT2D eigenvalue weighted by molar-refractivity contribution is 5.89. The molecule has 150 valence electrons. The number of aromatic nitrogens is 3. The largest absolute Gasteiger partial charge is 0.481 e. The molecule has 2 amide bonds. The summed E-state index contributed by atoms with van der Waals surface area (Å²) in [6.07, 6.45) is 4.75. The third-order valence-corrected chi connectivity index (χ3v) is 5.43. The maximum absolute atomic E-state index is 12.7. The van der Waals surface area contributed by atoms with E-state index in [0.717, 1.165) is 22.5 Å². The maximum atomic E-state index is 12.7. The summed E-state index contributed by atoms with van der Waals surface area (Å²) in [6.45, 7) is 1.03. The van der Waals surface area contributed by atoms with Crippen molar-refractivity contribution in [1.82, 2.24) is 19.9 Å². The molecule has 0 saturated carbocycles. The Hall–Kier alpha value is -3.42. The van der Waals surface area contributed by atoms with Crippen molar-refractivity contribution in [1.29, 1.82) is 0 Å². The highest BCUT2D eigenvalue weighted by Crippen LogP contribution is 2.30. The van der Waals surface area contributed by atoms with Gasteiger partial charge in [0.25, 0.3) is 0 Å². The van der Waals surface area contributed by atoms with E-state index < -0.39 is 5.97 Å². The van der Waals surface area contributed by atoms with Crippen molar-refractivity contribution in [3.05, 3.63) is 54.6 Å². The predicted molar refractivity (Wildman–Crippen MR) is 108 cm³/mol. The summed E-state index contributed by atoms with van der Waals surface area (Å²) in [7, 11) is 0. The molecule has 3 aromatic rings. The molecule has 3 N–H and O–H groups in total. The number of carbonyl (C=O) groups excluding carboxylic acids is 1. The second kappa shape index (κ2) is 8.30. The Balaban J connectivity index is 1.49. The first-order chi connectivity index (χ1) is 14.1. The molecule has 0 radical (unpaired) electrons. The third kappa shape index (κ3) is 4.53. The summed E-state index contributed by atoms with van der Waals surface area (Å²) in [5.41, 5.74) is 2.43. The van der Waals surface area contributed by atoms with Gasteiger partial charge in [-0.05, 0) is 36.5 Å². The van der Waals surface area contributed by atoms with E-state index in [-0.39, 0.29) is 24.3 Å². The van der Waals surface area contributed by atoms with Gasteiger partial charge in [-0.3, -0.25) is 9.78 Å². The number of carboxylic acids is 1. The third-order valence-electron chi connectivity index (χ3n) is 5.43. The molecule has 1 aliphatic rings. The zero-order chi connectivity index (χ0) is 20.2. The van der Waals surface area contributed by atoms with Gasteiger partial charge in [-0.1, -0.05) is 18.2 Å². The van der Waals surface area contributed by atoms with E-state index in [0.29, 0.717) is 25.9 Å². The number of carbonyl (C=O) groups is 2. The fourth-order valence-corrected chi connectivity index (χ4v) is 3.97. The molecule has 29 heavy (non-hydrogen) atoms. The SMILES string of the molecule is O=C(O)CC1CCN(C(=O)Nc2ccccc2)CC1Cc1nc2ccncc2[nH]1. The number of urea groups is 1. The Morgan fingerprint density at radius 2 is 2.03 bits per heavy atom. The minimum atomic E-state index is -0.809. The Morgan fingerprint density at radius 3 is 2.79 bits per heavy atom. The molecule has 2 aromatic heterocycles. The molecule has 0 aliphatic carbocycles. The molecule has 3 heterocycles. The van der Waals surface area contributed by atoms with Crippen LogP contribution in [0, 0.1) is 11.8 Å². The smallest absolute Gasteiger partial charge is 0.321 e. The second-order valence-corrected chi connectivity index (χ2v) is 7.43. The van der Waals surface area contributed by atoms with Crippen LogP contribution in [0.3, 0.4) is 0 Å². The molecule has 8 heteroatoms. The number of rotatable bonds is 5. The maximum Gasteiger partial charge on any atom is 0.321 e. The first-order valence-corrected chi connectivity index (χ1v) is 9.70. The number of likely N-dealkylation sites (tertiary alicyclic amines) is 1. The van der Waals surface area contributed by atoms with E-state index in [1.807, 2.05) is 36.4 Å². The van der Waals surface area contributed by atoms with Gasteiger partial charge in [0.1, 0.15) is 5.82 Å². The lowest BCUT2D eigenvalue weighted by atomic mass is 9.81. The van der Waals surface area contributed by atoms with E-state index in [2.05, 4.69) is 20.3 Å². The minimum Gasteiger partial charge on any atom is -0.481 e. The van der Waals surface area contributed by atoms with Crippen molar-refractivity contribution in [3.8, 4) is 0 Å². The average molecular weight is 393 g/mol. The molecule has 0 bridgehead atoms. The summed E-state index contributed by atoms with van der Waals surface area (Å²) in [6, 6.07) is 11.0. The predicted octanol–water partition coefficient (Wildman–Crippen LogP) is 3.15. The highest BCUT2D eigenvalue weighted by Gasteiger charge is 2.33. The number of piperidine rings is 1. The summed E-state index contributed by atoms with van der Waals surface area (Å²) < 4.78 is 0. The van der Waals surface area contributed by atoms with E-state index in [1.54, 1.807) is 17.3 Å². The molecular weight excluding hydrogens is 370 g/mol. The van der Waals surface area contributed by atoms with Crippen molar-refractivity contribution >= 4 is 28.7 Å². The summed E-state index contributed by atoms with van der Waals surface area (Å²) >= 11 is 0. The number of benzene rings is 1. The molecule has 1 saturated heterocycles. The first-order valence-electron chi connectivity index (χ1n) is 9.70. The number of hydrogen-bond acceptors (Lipinski definition) is 4.